The van der Waals surface area contributed by atoms with Gasteiger partial charge < -0.3 is 15.0 Å². The molecule has 22 heavy (non-hydrogen) atoms. The van der Waals surface area contributed by atoms with E-state index in [0.717, 1.165) is 0 Å². The summed E-state index contributed by atoms with van der Waals surface area (Å²) in [6, 6.07) is -0.109. The molecular formula is C14H27B3ClN2O2. The molecule has 8 heteroatoms. The number of hydrogen-bond donors (Lipinski definition) is 1. The van der Waals surface area contributed by atoms with Crippen LogP contribution in [-0.4, -0.2) is 77.1 Å². The molecule has 3 rings (SSSR count). The molecule has 0 bridgehead atoms. The standard InChI is InChI=1S/C7H9B3NO2.C6H15N.CH3Cl/c1-2-13-4(12)3-7-5(9-7)10(8)6(7)11-3;1-4-7(5-2)6-3;1-2/h3,5-6,11H,2H2,1H3;4-6H2,1-3H3;1H3. The van der Waals surface area contributed by atoms with Crippen molar-refractivity contribution in [2.45, 2.75) is 50.7 Å². The maximum Gasteiger partial charge on any atom is 0.322 e. The van der Waals surface area contributed by atoms with Crippen molar-refractivity contribution in [2.75, 3.05) is 32.6 Å². The smallest absolute Gasteiger partial charge is 0.322 e. The number of nitrogens with one attached hydrogen (secondary N) is 1. The van der Waals surface area contributed by atoms with Crippen LogP contribution in [0.2, 0.25) is 11.0 Å². The highest BCUT2D eigenvalue weighted by atomic mass is 35.5. The number of carbonyl (C=O) groups is 1. The Morgan fingerprint density at radius 3 is 2.18 bits per heavy atom. The normalized spacial score (nSPS) is 32.5. The van der Waals surface area contributed by atoms with E-state index in [1.165, 1.54) is 26.0 Å². The van der Waals surface area contributed by atoms with Gasteiger partial charge in [0, 0.05) is 14.1 Å². The molecule has 0 aromatic carbocycles. The van der Waals surface area contributed by atoms with E-state index in [1.807, 2.05) is 6.92 Å². The van der Waals surface area contributed by atoms with E-state index in [0.29, 0.717) is 18.3 Å². The molecule has 1 spiro atoms. The van der Waals surface area contributed by atoms with Crippen molar-refractivity contribution < 1.29 is 9.53 Å². The molecule has 4 unspecified atom stereocenters. The van der Waals surface area contributed by atoms with Crippen LogP contribution in [0, 0.1) is 0 Å². The third kappa shape index (κ3) is 3.36. The van der Waals surface area contributed by atoms with Gasteiger partial charge in [-0.2, -0.15) is 0 Å². The summed E-state index contributed by atoms with van der Waals surface area (Å²) in [7, 11) is 8.03. The van der Waals surface area contributed by atoms with Crippen LogP contribution < -0.4 is 5.32 Å². The van der Waals surface area contributed by atoms with Gasteiger partial charge in [-0.15, -0.1) is 11.6 Å². The molecular weight excluding hydrogens is 296 g/mol. The lowest BCUT2D eigenvalue weighted by molar-refractivity contribution is -0.149. The molecule has 3 aliphatic rings. The maximum atomic E-state index is 11.4. The first-order valence-electron chi connectivity index (χ1n) is 8.21. The molecule has 3 aliphatic heterocycles. The number of esters is 1. The zero-order valence-electron chi connectivity index (χ0n) is 14.4. The monoisotopic (exact) mass is 323 g/mol. The number of ether oxygens (including phenoxy) is 1. The van der Waals surface area contributed by atoms with Crippen molar-refractivity contribution in [1.82, 2.24) is 10.2 Å². The Bertz CT molecular complexity index is 368. The highest BCUT2D eigenvalue weighted by Crippen LogP contribution is 2.76. The number of halogens is 1. The highest BCUT2D eigenvalue weighted by Gasteiger charge is 2.82. The van der Waals surface area contributed by atoms with Gasteiger partial charge in [0.2, 0.25) is 0 Å². The van der Waals surface area contributed by atoms with Crippen molar-refractivity contribution in [3.8, 4) is 0 Å². The van der Waals surface area contributed by atoms with Gasteiger partial charge >= 0.3 is 5.97 Å². The van der Waals surface area contributed by atoms with Gasteiger partial charge in [-0.25, -0.2) is 0 Å². The first-order valence-corrected chi connectivity index (χ1v) is 8.96. The van der Waals surface area contributed by atoms with Gasteiger partial charge in [0.05, 0.1) is 6.61 Å². The second kappa shape index (κ2) is 8.65. The molecule has 0 aliphatic carbocycles. The van der Waals surface area contributed by atoms with Crippen molar-refractivity contribution in [1.29, 1.82) is 0 Å². The summed E-state index contributed by atoms with van der Waals surface area (Å²) in [5.74, 6) is 0.219. The number of alkyl halides is 1. The van der Waals surface area contributed by atoms with Gasteiger partial charge in [-0.05, 0) is 37.8 Å². The van der Waals surface area contributed by atoms with E-state index >= 15 is 0 Å². The summed E-state index contributed by atoms with van der Waals surface area (Å²) in [5, 5.41) is 3.27. The number of nitrogens with zero attached hydrogens (tertiary/aromatic N) is 1. The lowest BCUT2D eigenvalue weighted by atomic mass is 9.14. The summed E-state index contributed by atoms with van der Waals surface area (Å²) in [6.07, 6.45) is 1.47. The molecule has 3 fully saturated rings. The topological polar surface area (TPSA) is 41.6 Å². The first kappa shape index (κ1) is 19.9. The lowest BCUT2D eigenvalue weighted by Gasteiger charge is -2.58. The molecule has 4 atom stereocenters. The Labute approximate surface area is 142 Å². The largest absolute Gasteiger partial charge is 0.465 e. The molecule has 121 valence electrons. The fourth-order valence-electron chi connectivity index (χ4n) is 3.56. The van der Waals surface area contributed by atoms with Crippen LogP contribution in [0.1, 0.15) is 27.7 Å². The second-order valence-corrected chi connectivity index (χ2v) is 5.72. The van der Waals surface area contributed by atoms with E-state index in [1.54, 1.807) is 0 Å². The zero-order chi connectivity index (χ0) is 16.9. The molecule has 4 nitrogen and oxygen atoms in total. The summed E-state index contributed by atoms with van der Waals surface area (Å²) >= 11 is 4.64. The Balaban J connectivity index is 0.000000233. The number of carbonyl (C=O) groups excluding carboxylic acids is 1. The summed E-state index contributed by atoms with van der Waals surface area (Å²) in [4.78, 5) is 13.8. The summed E-state index contributed by atoms with van der Waals surface area (Å²) in [5.41, 5.74) is 0.466. The van der Waals surface area contributed by atoms with E-state index < -0.39 is 0 Å². The summed E-state index contributed by atoms with van der Waals surface area (Å²) in [6.45, 7) is 12.6. The van der Waals surface area contributed by atoms with Crippen LogP contribution in [0.4, 0.5) is 0 Å². The van der Waals surface area contributed by atoms with E-state index in [4.69, 9.17) is 12.5 Å². The molecule has 3 radical (unpaired) electrons. The third-order valence-corrected chi connectivity index (χ3v) is 4.98. The minimum Gasteiger partial charge on any atom is -0.465 e. The Kier molecular flexibility index (Phi) is 7.83. The minimum atomic E-state index is -0.121. The second-order valence-electron chi connectivity index (χ2n) is 5.72. The summed E-state index contributed by atoms with van der Waals surface area (Å²) < 4.78 is 4.96. The molecule has 3 heterocycles. The number of hydrogen-bond acceptors (Lipinski definition) is 4. The van der Waals surface area contributed by atoms with E-state index in [9.17, 15) is 4.79 Å². The van der Waals surface area contributed by atoms with Gasteiger partial charge in [-0.1, -0.05) is 26.5 Å². The highest BCUT2D eigenvalue weighted by molar-refractivity contribution is 7.17. The minimum absolute atomic E-state index is 0.103. The average Bonchev–Trinajstić information content (AvgIpc) is 3.27. The molecule has 0 aromatic rings. The van der Waals surface area contributed by atoms with Crippen molar-refractivity contribution in [2.24, 2.45) is 0 Å². The van der Waals surface area contributed by atoms with E-state index in [2.05, 4.69) is 49.9 Å². The molecule has 3 saturated heterocycles. The van der Waals surface area contributed by atoms with Crippen LogP contribution in [0.3, 0.4) is 0 Å². The third-order valence-electron chi connectivity index (χ3n) is 4.98. The van der Waals surface area contributed by atoms with Crippen molar-refractivity contribution in [3.05, 3.63) is 0 Å². The lowest BCUT2D eigenvalue weighted by Crippen LogP contribution is -2.75. The predicted molar refractivity (Wildman–Crippen MR) is 96.3 cm³/mol. The van der Waals surface area contributed by atoms with Gasteiger partial charge in [-0.3, -0.25) is 4.79 Å². The Morgan fingerprint density at radius 1 is 1.32 bits per heavy atom. The first-order chi connectivity index (χ1) is 10.6. The average molecular weight is 323 g/mol. The van der Waals surface area contributed by atoms with Crippen LogP contribution >= 0.6 is 11.6 Å². The van der Waals surface area contributed by atoms with E-state index in [-0.39, 0.29) is 23.9 Å². The van der Waals surface area contributed by atoms with Gasteiger partial charge in [0.15, 0.2) is 0 Å². The van der Waals surface area contributed by atoms with Crippen molar-refractivity contribution >= 4 is 39.2 Å². The predicted octanol–water partition coefficient (Wildman–Crippen LogP) is 1.01. The number of rotatable bonds is 5. The molecule has 0 amide bonds. The Hall–Kier alpha value is -0.125. The van der Waals surface area contributed by atoms with Crippen LogP contribution in [-0.2, 0) is 9.53 Å². The maximum absolute atomic E-state index is 11.4. The van der Waals surface area contributed by atoms with Crippen LogP contribution in [0.5, 0.6) is 0 Å². The molecule has 0 saturated carbocycles. The van der Waals surface area contributed by atoms with Crippen molar-refractivity contribution in [3.63, 3.8) is 0 Å². The Morgan fingerprint density at radius 2 is 1.86 bits per heavy atom. The fourth-order valence-corrected chi connectivity index (χ4v) is 3.56. The van der Waals surface area contributed by atoms with Crippen LogP contribution in [0.15, 0.2) is 0 Å². The van der Waals surface area contributed by atoms with Gasteiger partial charge in [0.25, 0.3) is 0 Å². The van der Waals surface area contributed by atoms with Gasteiger partial charge in [0.1, 0.15) is 19.9 Å². The quantitative estimate of drug-likeness (QED) is 0.466. The fraction of sp³-hybridized carbons (Fsp3) is 0.929. The van der Waals surface area contributed by atoms with Crippen LogP contribution in [0.25, 0.3) is 0 Å². The zero-order valence-corrected chi connectivity index (χ0v) is 15.2. The molecule has 1 N–H and O–H groups in total. The SMILES string of the molecule is CCN(CC)CC.CCl.[B]B1C2[B]C23C1NC3C(=O)OCC. The molecule has 0 aromatic heterocycles.